The number of nitrogens with zero attached hydrogens (tertiary/aromatic N) is 2. The maximum atomic E-state index is 4.36. The molecule has 1 aromatic heterocycles. The number of hydrogen-bond donors (Lipinski definition) is 1. The zero-order valence-corrected chi connectivity index (χ0v) is 10.8. The molecule has 1 heterocycles. The fraction of sp³-hybridized carbons (Fsp3) is 0.769. The van der Waals surface area contributed by atoms with Crippen LogP contribution >= 0.6 is 0 Å². The lowest BCUT2D eigenvalue weighted by Gasteiger charge is -2.28. The number of rotatable bonds is 3. The van der Waals surface area contributed by atoms with E-state index in [1.54, 1.807) is 0 Å². The molecule has 3 nitrogen and oxygen atoms in total. The largest absolute Gasteiger partial charge is 0.379 e. The maximum absolute atomic E-state index is 4.36. The van der Waals surface area contributed by atoms with Gasteiger partial charge in [0.15, 0.2) is 0 Å². The third-order valence-corrected chi connectivity index (χ3v) is 3.73. The summed E-state index contributed by atoms with van der Waals surface area (Å²) in [6, 6.07) is 1.03. The van der Waals surface area contributed by atoms with Gasteiger partial charge in [-0.3, -0.25) is 4.68 Å². The molecule has 1 N–H and O–H groups in total. The summed E-state index contributed by atoms with van der Waals surface area (Å²) >= 11 is 0. The summed E-state index contributed by atoms with van der Waals surface area (Å²) in [7, 11) is 0. The molecule has 2 rings (SSSR count). The summed E-state index contributed by atoms with van der Waals surface area (Å²) in [6.45, 7) is 9.00. The predicted molar refractivity (Wildman–Crippen MR) is 67.7 cm³/mol. The zero-order valence-electron chi connectivity index (χ0n) is 10.8. The van der Waals surface area contributed by atoms with Gasteiger partial charge in [-0.25, -0.2) is 0 Å². The molecule has 1 unspecified atom stereocenters. The van der Waals surface area contributed by atoms with E-state index in [4.69, 9.17) is 0 Å². The van der Waals surface area contributed by atoms with Gasteiger partial charge < -0.3 is 5.32 Å². The van der Waals surface area contributed by atoms with Crippen molar-refractivity contribution >= 4 is 5.69 Å². The normalized spacial score (nSPS) is 23.9. The Hall–Kier alpha value is -0.990. The van der Waals surface area contributed by atoms with Crippen LogP contribution in [0.25, 0.3) is 0 Å². The van der Waals surface area contributed by atoms with Crippen molar-refractivity contribution in [3.63, 3.8) is 0 Å². The minimum atomic E-state index is 0.417. The Kier molecular flexibility index (Phi) is 2.96. The van der Waals surface area contributed by atoms with Gasteiger partial charge in [0, 0.05) is 18.3 Å². The van der Waals surface area contributed by atoms with Crippen LogP contribution in [-0.2, 0) is 0 Å². The molecule has 90 valence electrons. The predicted octanol–water partition coefficient (Wildman–Crippen LogP) is 3.45. The third-order valence-electron chi connectivity index (χ3n) is 3.73. The van der Waals surface area contributed by atoms with Crippen molar-refractivity contribution in [1.29, 1.82) is 0 Å². The van der Waals surface area contributed by atoms with Crippen molar-refractivity contribution < 1.29 is 0 Å². The summed E-state index contributed by atoms with van der Waals surface area (Å²) in [5.41, 5.74) is 1.58. The highest BCUT2D eigenvalue weighted by molar-refractivity contribution is 5.40. The van der Waals surface area contributed by atoms with Crippen LogP contribution in [0.5, 0.6) is 0 Å². The average Bonchev–Trinajstić information content (AvgIpc) is 2.75. The first-order valence-electron chi connectivity index (χ1n) is 6.30. The quantitative estimate of drug-likeness (QED) is 0.847. The molecule has 0 amide bonds. The topological polar surface area (TPSA) is 29.9 Å². The van der Waals surface area contributed by atoms with Gasteiger partial charge in [-0.2, -0.15) is 5.10 Å². The Bertz CT molecular complexity index is 352. The lowest BCUT2D eigenvalue weighted by atomic mass is 9.87. The highest BCUT2D eigenvalue weighted by Gasteiger charge is 2.34. The molecular weight excluding hydrogens is 198 g/mol. The Morgan fingerprint density at radius 3 is 2.75 bits per heavy atom. The molecule has 1 aromatic rings. The van der Waals surface area contributed by atoms with E-state index in [-0.39, 0.29) is 0 Å². The van der Waals surface area contributed by atoms with Crippen molar-refractivity contribution in [2.75, 3.05) is 5.32 Å². The molecule has 1 aliphatic rings. The molecule has 16 heavy (non-hydrogen) atoms. The van der Waals surface area contributed by atoms with Crippen LogP contribution in [0.3, 0.4) is 0 Å². The van der Waals surface area contributed by atoms with Gasteiger partial charge in [-0.1, -0.05) is 20.3 Å². The molecule has 0 aromatic carbocycles. The van der Waals surface area contributed by atoms with Crippen LogP contribution in [0.4, 0.5) is 5.69 Å². The highest BCUT2D eigenvalue weighted by Crippen LogP contribution is 2.38. The summed E-state index contributed by atoms with van der Waals surface area (Å²) < 4.78 is 2.00. The standard InChI is InChI=1S/C13H23N3/c1-10(2)16-9-11(8-14-16)15-12-6-5-7-13(12,3)4/h8-10,12,15H,5-7H2,1-4H3. The zero-order chi connectivity index (χ0) is 11.8. The van der Waals surface area contributed by atoms with Crippen LogP contribution in [0.15, 0.2) is 12.4 Å². The molecule has 1 saturated carbocycles. The van der Waals surface area contributed by atoms with Gasteiger partial charge >= 0.3 is 0 Å². The fourth-order valence-corrected chi connectivity index (χ4v) is 2.49. The van der Waals surface area contributed by atoms with Gasteiger partial charge in [0.1, 0.15) is 0 Å². The number of hydrogen-bond acceptors (Lipinski definition) is 2. The van der Waals surface area contributed by atoms with Crippen molar-refractivity contribution in [2.24, 2.45) is 5.41 Å². The van der Waals surface area contributed by atoms with E-state index in [0.29, 0.717) is 17.5 Å². The Labute approximate surface area is 98.2 Å². The van der Waals surface area contributed by atoms with E-state index in [0.717, 1.165) is 5.69 Å². The molecule has 0 bridgehead atoms. The van der Waals surface area contributed by atoms with Gasteiger partial charge in [0.05, 0.1) is 11.9 Å². The molecule has 3 heteroatoms. The van der Waals surface area contributed by atoms with Crippen LogP contribution in [0, 0.1) is 5.41 Å². The van der Waals surface area contributed by atoms with Crippen LogP contribution in [0.1, 0.15) is 53.0 Å². The fourth-order valence-electron chi connectivity index (χ4n) is 2.49. The van der Waals surface area contributed by atoms with Crippen molar-refractivity contribution in [2.45, 2.75) is 59.0 Å². The van der Waals surface area contributed by atoms with E-state index >= 15 is 0 Å². The molecule has 0 saturated heterocycles. The van der Waals surface area contributed by atoms with Crippen LogP contribution in [0.2, 0.25) is 0 Å². The van der Waals surface area contributed by atoms with Gasteiger partial charge in [0.25, 0.3) is 0 Å². The number of nitrogens with one attached hydrogen (secondary N) is 1. The SMILES string of the molecule is CC(C)n1cc(NC2CCCC2(C)C)cn1. The molecule has 1 atom stereocenters. The molecule has 0 aliphatic heterocycles. The molecular formula is C13H23N3. The lowest BCUT2D eigenvalue weighted by molar-refractivity contribution is 0.350. The van der Waals surface area contributed by atoms with Gasteiger partial charge in [-0.05, 0) is 32.1 Å². The van der Waals surface area contributed by atoms with E-state index in [1.807, 2.05) is 10.9 Å². The second kappa shape index (κ2) is 4.11. The van der Waals surface area contributed by atoms with E-state index in [9.17, 15) is 0 Å². The monoisotopic (exact) mass is 221 g/mol. The minimum Gasteiger partial charge on any atom is -0.379 e. The highest BCUT2D eigenvalue weighted by atomic mass is 15.3. The van der Waals surface area contributed by atoms with Gasteiger partial charge in [0.2, 0.25) is 0 Å². The summed E-state index contributed by atoms with van der Waals surface area (Å²) in [4.78, 5) is 0. The molecule has 0 radical (unpaired) electrons. The lowest BCUT2D eigenvalue weighted by Crippen LogP contribution is -2.30. The van der Waals surface area contributed by atoms with E-state index in [2.05, 4.69) is 44.3 Å². The Morgan fingerprint density at radius 1 is 1.50 bits per heavy atom. The summed E-state index contributed by atoms with van der Waals surface area (Å²) in [6.07, 6.45) is 7.99. The Balaban J connectivity index is 2.03. The molecule has 1 aliphatic carbocycles. The summed E-state index contributed by atoms with van der Waals surface area (Å²) in [5.74, 6) is 0. The maximum Gasteiger partial charge on any atom is 0.0728 e. The Morgan fingerprint density at radius 2 is 2.25 bits per heavy atom. The smallest absolute Gasteiger partial charge is 0.0728 e. The first kappa shape index (κ1) is 11.5. The second-order valence-electron chi connectivity index (χ2n) is 5.88. The average molecular weight is 221 g/mol. The van der Waals surface area contributed by atoms with Crippen molar-refractivity contribution in [3.05, 3.63) is 12.4 Å². The second-order valence-corrected chi connectivity index (χ2v) is 5.88. The number of anilines is 1. The van der Waals surface area contributed by atoms with E-state index < -0.39 is 0 Å². The summed E-state index contributed by atoms with van der Waals surface area (Å²) in [5, 5.41) is 7.98. The van der Waals surface area contributed by atoms with Crippen molar-refractivity contribution in [3.8, 4) is 0 Å². The van der Waals surface area contributed by atoms with Crippen molar-refractivity contribution in [1.82, 2.24) is 9.78 Å². The van der Waals surface area contributed by atoms with Crippen LogP contribution in [-0.4, -0.2) is 15.8 Å². The third kappa shape index (κ3) is 2.23. The van der Waals surface area contributed by atoms with E-state index in [1.165, 1.54) is 19.3 Å². The first-order valence-corrected chi connectivity index (χ1v) is 6.30. The molecule has 1 fully saturated rings. The van der Waals surface area contributed by atoms with Gasteiger partial charge in [-0.15, -0.1) is 0 Å². The molecule has 0 spiro atoms. The first-order chi connectivity index (χ1) is 7.49. The minimum absolute atomic E-state index is 0.417. The van der Waals surface area contributed by atoms with Crippen LogP contribution < -0.4 is 5.32 Å². The number of aromatic nitrogens is 2.